The summed E-state index contributed by atoms with van der Waals surface area (Å²) in [4.78, 5) is 0. The van der Waals surface area contributed by atoms with E-state index in [0.29, 0.717) is 12.8 Å². The summed E-state index contributed by atoms with van der Waals surface area (Å²) in [7, 11) is -3.77. The van der Waals surface area contributed by atoms with Crippen LogP contribution in [0.3, 0.4) is 0 Å². The van der Waals surface area contributed by atoms with Crippen LogP contribution in [0.1, 0.15) is 25.7 Å². The smallest absolute Gasteiger partial charge is 0.264 e. The van der Waals surface area contributed by atoms with Crippen molar-refractivity contribution < 1.29 is 18.1 Å². The van der Waals surface area contributed by atoms with Crippen molar-refractivity contribution in [3.05, 3.63) is 0 Å². The number of hydrogen-bond acceptors (Lipinski definition) is 3. The summed E-state index contributed by atoms with van der Waals surface area (Å²) >= 11 is 0. The van der Waals surface area contributed by atoms with Gasteiger partial charge in [-0.1, -0.05) is 12.8 Å². The van der Waals surface area contributed by atoms with E-state index in [2.05, 4.69) is 0 Å². The number of hydrogen-bond donors (Lipinski definition) is 2. The fourth-order valence-electron chi connectivity index (χ4n) is 0.750. The molecule has 2 N–H and O–H groups in total. The van der Waals surface area contributed by atoms with E-state index in [1.807, 2.05) is 0 Å². The summed E-state index contributed by atoms with van der Waals surface area (Å²) in [5.74, 6) is -0.168. The second-order valence-electron chi connectivity index (χ2n) is 2.42. The number of unbranched alkanes of at least 4 members (excludes halogenated alkanes) is 3. The Kier molecular flexibility index (Phi) is 5.45. The Morgan fingerprint density at radius 1 is 1.00 bits per heavy atom. The molecule has 0 amide bonds. The maximum atomic E-state index is 10.2. The minimum Gasteiger partial charge on any atom is -0.396 e. The summed E-state index contributed by atoms with van der Waals surface area (Å²) in [6.07, 6.45) is 2.72. The van der Waals surface area contributed by atoms with E-state index >= 15 is 0 Å². The summed E-state index contributed by atoms with van der Waals surface area (Å²) < 4.78 is 28.6. The summed E-state index contributed by atoms with van der Waals surface area (Å²) in [6, 6.07) is 0. The molecule has 5 heteroatoms. The molecule has 0 rings (SSSR count). The Hall–Kier alpha value is -0.130. The predicted molar refractivity (Wildman–Crippen MR) is 42.0 cm³/mol. The molecule has 4 nitrogen and oxygen atoms in total. The van der Waals surface area contributed by atoms with Crippen LogP contribution in [-0.4, -0.2) is 30.4 Å². The van der Waals surface area contributed by atoms with E-state index in [1.54, 1.807) is 0 Å². The molecule has 0 bridgehead atoms. The maximum absolute atomic E-state index is 10.2. The summed E-state index contributed by atoms with van der Waals surface area (Å²) in [6.45, 7) is 0.145. The molecule has 11 heavy (non-hydrogen) atoms. The fourth-order valence-corrected chi connectivity index (χ4v) is 1.32. The Morgan fingerprint density at radius 3 is 2.00 bits per heavy atom. The first-order valence-corrected chi connectivity index (χ1v) is 5.23. The molecule has 0 atom stereocenters. The van der Waals surface area contributed by atoms with Gasteiger partial charge >= 0.3 is 0 Å². The third-order valence-electron chi connectivity index (χ3n) is 1.31. The van der Waals surface area contributed by atoms with Gasteiger partial charge in [-0.25, -0.2) is 0 Å². The zero-order chi connectivity index (χ0) is 8.74. The SMILES string of the molecule is O=S(=O)(O)CCCCCCO. The van der Waals surface area contributed by atoms with Gasteiger partial charge in [0.05, 0.1) is 5.75 Å². The van der Waals surface area contributed by atoms with E-state index < -0.39 is 10.1 Å². The first-order chi connectivity index (χ1) is 5.06. The highest BCUT2D eigenvalue weighted by Crippen LogP contribution is 2.00. The zero-order valence-corrected chi connectivity index (χ0v) is 7.18. The van der Waals surface area contributed by atoms with Gasteiger partial charge in [-0.15, -0.1) is 0 Å². The molecule has 0 saturated heterocycles. The molecular formula is C6H14O4S. The molecule has 0 fully saturated rings. The van der Waals surface area contributed by atoms with E-state index in [-0.39, 0.29) is 12.4 Å². The largest absolute Gasteiger partial charge is 0.396 e. The Morgan fingerprint density at radius 2 is 1.55 bits per heavy atom. The fraction of sp³-hybridized carbons (Fsp3) is 1.00. The Bertz CT molecular complexity index is 173. The average molecular weight is 182 g/mol. The second kappa shape index (κ2) is 5.51. The van der Waals surface area contributed by atoms with Gasteiger partial charge in [-0.05, 0) is 12.8 Å². The summed E-state index contributed by atoms with van der Waals surface area (Å²) in [5, 5.41) is 8.36. The third-order valence-corrected chi connectivity index (χ3v) is 2.11. The molecule has 0 aliphatic carbocycles. The van der Waals surface area contributed by atoms with Gasteiger partial charge in [-0.3, -0.25) is 4.55 Å². The highest BCUT2D eigenvalue weighted by Gasteiger charge is 2.02. The van der Waals surface area contributed by atoms with Crippen LogP contribution >= 0.6 is 0 Å². The van der Waals surface area contributed by atoms with Crippen molar-refractivity contribution >= 4 is 10.1 Å². The van der Waals surface area contributed by atoms with Gasteiger partial charge < -0.3 is 5.11 Å². The summed E-state index contributed by atoms with van der Waals surface area (Å²) in [5.41, 5.74) is 0. The van der Waals surface area contributed by atoms with Crippen LogP contribution in [0.25, 0.3) is 0 Å². The molecule has 0 spiro atoms. The van der Waals surface area contributed by atoms with Crippen LogP contribution in [-0.2, 0) is 10.1 Å². The van der Waals surface area contributed by atoms with Gasteiger partial charge in [0.25, 0.3) is 10.1 Å². The van der Waals surface area contributed by atoms with Crippen molar-refractivity contribution in [3.63, 3.8) is 0 Å². The lowest BCUT2D eigenvalue weighted by molar-refractivity contribution is 0.283. The third kappa shape index (κ3) is 9.87. The van der Waals surface area contributed by atoms with E-state index in [4.69, 9.17) is 9.66 Å². The Balaban J connectivity index is 3.16. The first-order valence-electron chi connectivity index (χ1n) is 3.62. The van der Waals surface area contributed by atoms with E-state index in [0.717, 1.165) is 12.8 Å². The van der Waals surface area contributed by atoms with Crippen LogP contribution in [0.2, 0.25) is 0 Å². The van der Waals surface area contributed by atoms with E-state index in [1.165, 1.54) is 0 Å². The second-order valence-corrected chi connectivity index (χ2v) is 4.00. The molecule has 0 aliphatic heterocycles. The van der Waals surface area contributed by atoms with Crippen LogP contribution < -0.4 is 0 Å². The minimum absolute atomic E-state index is 0.145. The molecule has 0 aliphatic rings. The monoisotopic (exact) mass is 182 g/mol. The van der Waals surface area contributed by atoms with Crippen molar-refractivity contribution in [2.75, 3.05) is 12.4 Å². The molecule has 0 unspecified atom stereocenters. The topological polar surface area (TPSA) is 74.6 Å². The lowest BCUT2D eigenvalue weighted by atomic mass is 10.2. The lowest BCUT2D eigenvalue weighted by Gasteiger charge is -1.96. The highest BCUT2D eigenvalue weighted by molar-refractivity contribution is 7.85. The zero-order valence-electron chi connectivity index (χ0n) is 6.36. The molecular weight excluding hydrogens is 168 g/mol. The van der Waals surface area contributed by atoms with Crippen LogP contribution in [0.4, 0.5) is 0 Å². The van der Waals surface area contributed by atoms with Gasteiger partial charge in [0.2, 0.25) is 0 Å². The van der Waals surface area contributed by atoms with Crippen molar-refractivity contribution in [3.8, 4) is 0 Å². The van der Waals surface area contributed by atoms with E-state index in [9.17, 15) is 8.42 Å². The standard InChI is InChI=1S/C6H14O4S/c7-5-3-1-2-4-6-11(8,9)10/h7H,1-6H2,(H,8,9,10). The average Bonchev–Trinajstić information content (AvgIpc) is 1.85. The highest BCUT2D eigenvalue weighted by atomic mass is 32.2. The van der Waals surface area contributed by atoms with Crippen molar-refractivity contribution in [1.29, 1.82) is 0 Å². The van der Waals surface area contributed by atoms with Gasteiger partial charge in [-0.2, -0.15) is 8.42 Å². The predicted octanol–water partition coefficient (Wildman–Crippen LogP) is 0.427. The molecule has 0 aromatic heterocycles. The molecule has 68 valence electrons. The van der Waals surface area contributed by atoms with Crippen LogP contribution in [0.5, 0.6) is 0 Å². The van der Waals surface area contributed by atoms with Crippen molar-refractivity contribution in [2.24, 2.45) is 0 Å². The maximum Gasteiger partial charge on any atom is 0.264 e. The van der Waals surface area contributed by atoms with Gasteiger partial charge in [0.15, 0.2) is 0 Å². The van der Waals surface area contributed by atoms with Gasteiger partial charge in [0.1, 0.15) is 0 Å². The van der Waals surface area contributed by atoms with Crippen molar-refractivity contribution in [2.45, 2.75) is 25.7 Å². The number of aliphatic hydroxyl groups excluding tert-OH is 1. The van der Waals surface area contributed by atoms with Crippen molar-refractivity contribution in [1.82, 2.24) is 0 Å². The van der Waals surface area contributed by atoms with Gasteiger partial charge in [0, 0.05) is 6.61 Å². The lowest BCUT2D eigenvalue weighted by Crippen LogP contribution is -2.03. The van der Waals surface area contributed by atoms with Crippen LogP contribution in [0, 0.1) is 0 Å². The molecule has 0 radical (unpaired) electrons. The number of rotatable bonds is 6. The number of aliphatic hydroxyl groups is 1. The van der Waals surface area contributed by atoms with Crippen LogP contribution in [0.15, 0.2) is 0 Å². The first kappa shape index (κ1) is 10.9. The Labute approximate surface area is 67.0 Å². The molecule has 0 aromatic carbocycles. The minimum atomic E-state index is -3.77. The molecule has 0 heterocycles. The molecule has 0 saturated carbocycles. The quantitative estimate of drug-likeness (QED) is 0.461. The normalized spacial score (nSPS) is 11.8. The molecule has 0 aromatic rings.